The fourth-order valence-electron chi connectivity index (χ4n) is 4.35. The molecule has 0 radical (unpaired) electrons. The second-order valence-electron chi connectivity index (χ2n) is 7.54. The molecule has 27 heavy (non-hydrogen) atoms. The van der Waals surface area contributed by atoms with Crippen molar-refractivity contribution in [3.8, 4) is 11.1 Å². The molecule has 1 aromatic carbocycles. The third-order valence-corrected chi connectivity index (χ3v) is 7.29. The number of halogens is 1. The van der Waals surface area contributed by atoms with Crippen molar-refractivity contribution in [3.63, 3.8) is 0 Å². The van der Waals surface area contributed by atoms with Crippen LogP contribution >= 0.6 is 0 Å². The Balaban J connectivity index is 1.45. The van der Waals surface area contributed by atoms with Crippen LogP contribution in [0, 0.1) is 5.82 Å². The largest absolute Gasteiger partial charge is 0.335 e. The van der Waals surface area contributed by atoms with E-state index in [2.05, 4.69) is 5.10 Å². The molecule has 2 fully saturated rings. The van der Waals surface area contributed by atoms with Crippen molar-refractivity contribution in [2.24, 2.45) is 0 Å². The lowest BCUT2D eigenvalue weighted by Crippen LogP contribution is -2.50. The Labute approximate surface area is 157 Å². The number of carbonyl (C=O) groups is 1. The van der Waals surface area contributed by atoms with Gasteiger partial charge < -0.3 is 4.90 Å². The summed E-state index contributed by atoms with van der Waals surface area (Å²) in [4.78, 5) is 14.7. The monoisotopic (exact) mass is 391 g/mol. The second kappa shape index (κ2) is 6.74. The Hall–Kier alpha value is -2.22. The summed E-state index contributed by atoms with van der Waals surface area (Å²) in [6.45, 7) is 0.123. The van der Waals surface area contributed by atoms with Crippen molar-refractivity contribution >= 4 is 15.7 Å². The molecule has 2 atom stereocenters. The fraction of sp³-hybridized carbons (Fsp3) is 0.474. The number of fused-ring (bicyclic) bond motifs is 2. The van der Waals surface area contributed by atoms with E-state index in [9.17, 15) is 17.6 Å². The van der Waals surface area contributed by atoms with Gasteiger partial charge in [-0.3, -0.25) is 9.48 Å². The number of carbonyl (C=O) groups excluding carboxylic acids is 1. The molecule has 3 heterocycles. The molecule has 144 valence electrons. The third-order valence-electron chi connectivity index (χ3n) is 5.69. The smallest absolute Gasteiger partial charge is 0.244 e. The summed E-state index contributed by atoms with van der Waals surface area (Å²) in [5, 5.41) is 3.91. The van der Waals surface area contributed by atoms with Crippen molar-refractivity contribution in [2.75, 3.05) is 6.26 Å². The number of aromatic nitrogens is 2. The van der Waals surface area contributed by atoms with Crippen LogP contribution in [0.4, 0.5) is 4.39 Å². The number of sulfone groups is 1. The lowest BCUT2D eigenvalue weighted by Gasteiger charge is -2.38. The molecule has 2 aliphatic heterocycles. The van der Waals surface area contributed by atoms with Gasteiger partial charge >= 0.3 is 0 Å². The van der Waals surface area contributed by atoms with Gasteiger partial charge in [-0.2, -0.15) is 5.10 Å². The average Bonchev–Trinajstić information content (AvgIpc) is 3.17. The SMILES string of the molecule is CS(=O)(=O)C1CC2CCC(C1)N2C(=O)Cn1cc(-c2ccc(F)cc2)cn1. The first-order valence-corrected chi connectivity index (χ1v) is 11.0. The van der Waals surface area contributed by atoms with Crippen LogP contribution in [-0.2, 0) is 21.2 Å². The molecule has 6 nitrogen and oxygen atoms in total. The van der Waals surface area contributed by atoms with E-state index in [-0.39, 0.29) is 35.6 Å². The van der Waals surface area contributed by atoms with Gasteiger partial charge in [0, 0.05) is 30.1 Å². The van der Waals surface area contributed by atoms with Crippen LogP contribution in [0.3, 0.4) is 0 Å². The highest BCUT2D eigenvalue weighted by Crippen LogP contribution is 2.38. The van der Waals surface area contributed by atoms with Gasteiger partial charge in [0.05, 0.1) is 11.4 Å². The van der Waals surface area contributed by atoms with Crippen LogP contribution in [0.2, 0.25) is 0 Å². The average molecular weight is 391 g/mol. The van der Waals surface area contributed by atoms with Crippen molar-refractivity contribution in [1.29, 1.82) is 0 Å². The quantitative estimate of drug-likeness (QED) is 0.801. The highest BCUT2D eigenvalue weighted by molar-refractivity contribution is 7.91. The van der Waals surface area contributed by atoms with E-state index in [0.29, 0.717) is 12.8 Å². The van der Waals surface area contributed by atoms with Crippen LogP contribution in [0.5, 0.6) is 0 Å². The minimum atomic E-state index is -3.07. The zero-order valence-electron chi connectivity index (χ0n) is 15.1. The minimum absolute atomic E-state index is 0.00288. The van der Waals surface area contributed by atoms with Gasteiger partial charge in [-0.1, -0.05) is 12.1 Å². The van der Waals surface area contributed by atoms with E-state index in [4.69, 9.17) is 0 Å². The van der Waals surface area contributed by atoms with Crippen LogP contribution < -0.4 is 0 Å². The molecule has 2 unspecified atom stereocenters. The van der Waals surface area contributed by atoms with Crippen molar-refractivity contribution in [2.45, 2.75) is 49.6 Å². The molecule has 1 amide bonds. The number of benzene rings is 1. The van der Waals surface area contributed by atoms with Gasteiger partial charge in [-0.25, -0.2) is 12.8 Å². The van der Waals surface area contributed by atoms with Crippen LogP contribution in [0.25, 0.3) is 11.1 Å². The molecule has 1 aromatic heterocycles. The van der Waals surface area contributed by atoms with Gasteiger partial charge in [-0.05, 0) is 43.4 Å². The first kappa shape index (κ1) is 18.2. The van der Waals surface area contributed by atoms with Gasteiger partial charge in [0.25, 0.3) is 0 Å². The lowest BCUT2D eigenvalue weighted by atomic mass is 10.0. The normalized spacial score (nSPS) is 25.0. The summed E-state index contributed by atoms with van der Waals surface area (Å²) in [5.41, 5.74) is 1.66. The minimum Gasteiger partial charge on any atom is -0.335 e. The van der Waals surface area contributed by atoms with E-state index in [1.54, 1.807) is 29.2 Å². The summed E-state index contributed by atoms with van der Waals surface area (Å²) < 4.78 is 38.4. The molecule has 2 aliphatic rings. The topological polar surface area (TPSA) is 72.3 Å². The van der Waals surface area contributed by atoms with Gasteiger partial charge in [0.2, 0.25) is 5.91 Å². The molecular weight excluding hydrogens is 369 g/mol. The Morgan fingerprint density at radius 3 is 2.37 bits per heavy atom. The van der Waals surface area contributed by atoms with Crippen molar-refractivity contribution in [1.82, 2.24) is 14.7 Å². The van der Waals surface area contributed by atoms with E-state index in [1.165, 1.54) is 18.4 Å². The molecule has 8 heteroatoms. The summed E-state index contributed by atoms with van der Waals surface area (Å²) in [5.74, 6) is -0.322. The molecule has 2 saturated heterocycles. The van der Waals surface area contributed by atoms with Crippen molar-refractivity contribution in [3.05, 3.63) is 42.5 Å². The molecule has 2 aromatic rings. The van der Waals surface area contributed by atoms with E-state index in [0.717, 1.165) is 24.0 Å². The van der Waals surface area contributed by atoms with Gasteiger partial charge in [0.1, 0.15) is 22.2 Å². The van der Waals surface area contributed by atoms with Crippen LogP contribution in [0.1, 0.15) is 25.7 Å². The summed E-state index contributed by atoms with van der Waals surface area (Å²) >= 11 is 0. The van der Waals surface area contributed by atoms with Crippen LogP contribution in [0.15, 0.2) is 36.7 Å². The van der Waals surface area contributed by atoms with Gasteiger partial charge in [0.15, 0.2) is 0 Å². The summed E-state index contributed by atoms with van der Waals surface area (Å²) in [6.07, 6.45) is 7.50. The maximum Gasteiger partial charge on any atom is 0.244 e. The maximum absolute atomic E-state index is 13.1. The summed E-state index contributed by atoms with van der Waals surface area (Å²) in [7, 11) is -3.07. The second-order valence-corrected chi connectivity index (χ2v) is 9.87. The standard InChI is InChI=1S/C19H22FN3O3S/c1-27(25,26)18-8-16-6-7-17(9-18)23(16)19(24)12-22-11-14(10-21-22)13-2-4-15(20)5-3-13/h2-5,10-11,16-18H,6-9,12H2,1H3. The molecule has 0 N–H and O–H groups in total. The summed E-state index contributed by atoms with van der Waals surface area (Å²) in [6, 6.07) is 6.14. The number of piperidine rings is 1. The molecule has 0 saturated carbocycles. The Morgan fingerprint density at radius 2 is 1.78 bits per heavy atom. The molecule has 0 aliphatic carbocycles. The predicted octanol–water partition coefficient (Wildman–Crippen LogP) is 2.26. The Morgan fingerprint density at radius 1 is 1.15 bits per heavy atom. The fourth-order valence-corrected chi connectivity index (χ4v) is 5.49. The van der Waals surface area contributed by atoms with Crippen molar-refractivity contribution < 1.29 is 17.6 Å². The lowest BCUT2D eigenvalue weighted by molar-refractivity contribution is -0.136. The Kier molecular flexibility index (Phi) is 4.53. The number of rotatable bonds is 4. The number of amides is 1. The first-order chi connectivity index (χ1) is 12.8. The third kappa shape index (κ3) is 3.63. The molecule has 4 rings (SSSR count). The van der Waals surface area contributed by atoms with E-state index >= 15 is 0 Å². The van der Waals surface area contributed by atoms with E-state index in [1.807, 2.05) is 4.90 Å². The first-order valence-electron chi connectivity index (χ1n) is 9.09. The van der Waals surface area contributed by atoms with Gasteiger partial charge in [-0.15, -0.1) is 0 Å². The number of hydrogen-bond acceptors (Lipinski definition) is 4. The predicted molar refractivity (Wildman–Crippen MR) is 99.1 cm³/mol. The zero-order valence-corrected chi connectivity index (χ0v) is 15.9. The number of hydrogen-bond donors (Lipinski definition) is 0. The van der Waals surface area contributed by atoms with Crippen LogP contribution in [-0.4, -0.2) is 52.6 Å². The maximum atomic E-state index is 13.1. The Bertz CT molecular complexity index is 941. The molecule has 2 bridgehead atoms. The zero-order chi connectivity index (χ0) is 19.2. The number of nitrogens with zero attached hydrogens (tertiary/aromatic N) is 3. The highest BCUT2D eigenvalue weighted by atomic mass is 32.2. The van der Waals surface area contributed by atoms with E-state index < -0.39 is 9.84 Å². The molecular formula is C19H22FN3O3S. The molecule has 0 spiro atoms. The highest BCUT2D eigenvalue weighted by Gasteiger charge is 2.45.